The summed E-state index contributed by atoms with van der Waals surface area (Å²) in [6.07, 6.45) is -4.65. The largest absolute Gasteiger partial charge is 0.416 e. The predicted octanol–water partition coefficient (Wildman–Crippen LogP) is 2.20. The van der Waals surface area contributed by atoms with Gasteiger partial charge < -0.3 is 4.74 Å². The Morgan fingerprint density at radius 1 is 1.29 bits per heavy atom. The van der Waals surface area contributed by atoms with Gasteiger partial charge in [-0.15, -0.1) is 0 Å². The zero-order valence-electron chi connectivity index (χ0n) is 9.66. The normalized spacial score (nSPS) is 14.1. The quantitative estimate of drug-likeness (QED) is 0.655. The van der Waals surface area contributed by atoms with Crippen LogP contribution in [0.25, 0.3) is 0 Å². The molecule has 0 heterocycles. The molecule has 0 spiro atoms. The van der Waals surface area contributed by atoms with E-state index < -0.39 is 11.7 Å². The third kappa shape index (κ3) is 3.99. The summed E-state index contributed by atoms with van der Waals surface area (Å²) in [5.74, 6) is 5.48. The van der Waals surface area contributed by atoms with Gasteiger partial charge in [0.2, 0.25) is 0 Å². The number of halogens is 3. The highest BCUT2D eigenvalue weighted by atomic mass is 19.4. The zero-order chi connectivity index (χ0) is 13.1. The molecule has 96 valence electrons. The number of nitrogens with zero attached hydrogens (tertiary/aromatic N) is 1. The van der Waals surface area contributed by atoms with Crippen molar-refractivity contribution >= 4 is 0 Å². The van der Waals surface area contributed by atoms with Gasteiger partial charge in [0.15, 0.2) is 0 Å². The van der Waals surface area contributed by atoms with Crippen LogP contribution < -0.4 is 5.84 Å². The van der Waals surface area contributed by atoms with Crippen LogP contribution in [0.5, 0.6) is 0 Å². The first kappa shape index (κ1) is 14.0. The van der Waals surface area contributed by atoms with Gasteiger partial charge in [0, 0.05) is 20.7 Å². The average Bonchev–Trinajstić information content (AvgIpc) is 2.24. The number of benzene rings is 1. The van der Waals surface area contributed by atoms with Crippen LogP contribution in [0.3, 0.4) is 0 Å². The van der Waals surface area contributed by atoms with Gasteiger partial charge in [0.1, 0.15) is 0 Å². The number of nitrogens with two attached hydrogens (primary N) is 1. The lowest BCUT2D eigenvalue weighted by molar-refractivity contribution is -0.137. The number of alkyl halides is 3. The summed E-state index contributed by atoms with van der Waals surface area (Å²) < 4.78 is 42.2. The maximum Gasteiger partial charge on any atom is 0.416 e. The van der Waals surface area contributed by atoms with Crippen molar-refractivity contribution in [2.75, 3.05) is 20.7 Å². The molecule has 6 heteroatoms. The first-order valence-corrected chi connectivity index (χ1v) is 5.00. The van der Waals surface area contributed by atoms with Crippen molar-refractivity contribution in [3.8, 4) is 0 Å². The topological polar surface area (TPSA) is 38.5 Å². The Bertz CT molecular complexity index is 349. The minimum absolute atomic E-state index is 0.340. The van der Waals surface area contributed by atoms with E-state index in [1.807, 2.05) is 0 Å². The lowest BCUT2D eigenvalue weighted by Crippen LogP contribution is -2.31. The highest BCUT2D eigenvalue weighted by molar-refractivity contribution is 5.26. The molecular weight excluding hydrogens is 233 g/mol. The summed E-state index contributed by atoms with van der Waals surface area (Å²) in [6.45, 7) is 0.405. The molecular formula is C11H15F3N2O. The monoisotopic (exact) mass is 248 g/mol. The van der Waals surface area contributed by atoms with E-state index in [-0.39, 0.29) is 6.10 Å². The summed E-state index contributed by atoms with van der Waals surface area (Å²) in [7, 11) is 3.15. The number of hydrogen-bond donors (Lipinski definition) is 1. The Morgan fingerprint density at radius 3 is 2.18 bits per heavy atom. The van der Waals surface area contributed by atoms with E-state index in [1.165, 1.54) is 24.3 Å². The number of hydrazine groups is 1. The predicted molar refractivity (Wildman–Crippen MR) is 58.0 cm³/mol. The molecule has 0 amide bonds. The fraction of sp³-hybridized carbons (Fsp3) is 0.455. The minimum atomic E-state index is -4.31. The van der Waals surface area contributed by atoms with Gasteiger partial charge in [-0.1, -0.05) is 12.1 Å². The van der Waals surface area contributed by atoms with E-state index in [9.17, 15) is 13.2 Å². The Labute approximate surface area is 97.9 Å². The molecule has 1 atom stereocenters. The number of rotatable bonds is 4. The molecule has 0 aliphatic heterocycles. The van der Waals surface area contributed by atoms with E-state index in [4.69, 9.17) is 10.6 Å². The average molecular weight is 248 g/mol. The fourth-order valence-corrected chi connectivity index (χ4v) is 1.46. The van der Waals surface area contributed by atoms with Crippen LogP contribution in [-0.2, 0) is 10.9 Å². The smallest absolute Gasteiger partial charge is 0.375 e. The zero-order valence-corrected chi connectivity index (χ0v) is 9.66. The van der Waals surface area contributed by atoms with Gasteiger partial charge in [0.05, 0.1) is 11.7 Å². The third-order valence-electron chi connectivity index (χ3n) is 2.35. The molecule has 0 fully saturated rings. The molecule has 0 aliphatic rings. The van der Waals surface area contributed by atoms with Crippen molar-refractivity contribution in [3.05, 3.63) is 35.4 Å². The fourth-order valence-electron chi connectivity index (χ4n) is 1.46. The summed E-state index contributed by atoms with van der Waals surface area (Å²) in [4.78, 5) is 0. The second-order valence-electron chi connectivity index (χ2n) is 3.78. The molecule has 1 aromatic rings. The van der Waals surface area contributed by atoms with Crippen molar-refractivity contribution < 1.29 is 17.9 Å². The molecule has 0 aliphatic carbocycles. The van der Waals surface area contributed by atoms with Crippen LogP contribution in [0.4, 0.5) is 13.2 Å². The molecule has 0 bridgehead atoms. The molecule has 0 saturated carbocycles. The van der Waals surface area contributed by atoms with E-state index >= 15 is 0 Å². The van der Waals surface area contributed by atoms with Gasteiger partial charge in [-0.2, -0.15) is 13.2 Å². The molecule has 0 radical (unpaired) electrons. The highest BCUT2D eigenvalue weighted by Gasteiger charge is 2.30. The SMILES string of the molecule is COC(CN(C)N)c1ccc(C(F)(F)F)cc1. The van der Waals surface area contributed by atoms with Crippen molar-refractivity contribution in [1.29, 1.82) is 0 Å². The molecule has 3 nitrogen and oxygen atoms in total. The molecule has 1 aromatic carbocycles. The van der Waals surface area contributed by atoms with Crippen LogP contribution in [0.1, 0.15) is 17.2 Å². The van der Waals surface area contributed by atoms with Crippen molar-refractivity contribution in [3.63, 3.8) is 0 Å². The van der Waals surface area contributed by atoms with Crippen molar-refractivity contribution in [2.24, 2.45) is 5.84 Å². The van der Waals surface area contributed by atoms with Gasteiger partial charge in [-0.05, 0) is 17.7 Å². The Balaban J connectivity index is 2.85. The van der Waals surface area contributed by atoms with Gasteiger partial charge in [0.25, 0.3) is 0 Å². The number of likely N-dealkylation sites (N-methyl/N-ethyl adjacent to an activating group) is 1. The second-order valence-corrected chi connectivity index (χ2v) is 3.78. The van der Waals surface area contributed by atoms with E-state index in [2.05, 4.69) is 0 Å². The lowest BCUT2D eigenvalue weighted by Gasteiger charge is -2.20. The molecule has 0 aromatic heterocycles. The standard InChI is InChI=1S/C11H15F3N2O/c1-16(15)7-10(17-2)8-3-5-9(6-4-8)11(12,13)14/h3-6,10H,7,15H2,1-2H3. The minimum Gasteiger partial charge on any atom is -0.375 e. The van der Waals surface area contributed by atoms with Crippen LogP contribution >= 0.6 is 0 Å². The lowest BCUT2D eigenvalue weighted by atomic mass is 10.1. The summed E-state index contributed by atoms with van der Waals surface area (Å²) in [5.41, 5.74) is -0.00462. The second kappa shape index (κ2) is 5.48. The maximum atomic E-state index is 12.4. The summed E-state index contributed by atoms with van der Waals surface area (Å²) >= 11 is 0. The first-order valence-electron chi connectivity index (χ1n) is 5.00. The molecule has 1 rings (SSSR count). The Hall–Kier alpha value is -1.11. The Morgan fingerprint density at radius 2 is 1.82 bits per heavy atom. The third-order valence-corrected chi connectivity index (χ3v) is 2.35. The molecule has 17 heavy (non-hydrogen) atoms. The molecule has 0 saturated heterocycles. The van der Waals surface area contributed by atoms with E-state index in [1.54, 1.807) is 7.05 Å². The number of ether oxygens (including phenoxy) is 1. The van der Waals surface area contributed by atoms with Crippen molar-refractivity contribution in [2.45, 2.75) is 12.3 Å². The molecule has 1 unspecified atom stereocenters. The van der Waals surface area contributed by atoms with Crippen LogP contribution in [0.2, 0.25) is 0 Å². The van der Waals surface area contributed by atoms with Crippen LogP contribution in [-0.4, -0.2) is 25.7 Å². The Kier molecular flexibility index (Phi) is 4.50. The van der Waals surface area contributed by atoms with Crippen LogP contribution in [0.15, 0.2) is 24.3 Å². The van der Waals surface area contributed by atoms with E-state index in [0.29, 0.717) is 12.1 Å². The van der Waals surface area contributed by atoms with Crippen molar-refractivity contribution in [1.82, 2.24) is 5.01 Å². The molecule has 2 N–H and O–H groups in total. The van der Waals surface area contributed by atoms with Crippen LogP contribution in [0, 0.1) is 0 Å². The first-order chi connectivity index (χ1) is 7.84. The summed E-state index contributed by atoms with van der Waals surface area (Å²) in [5, 5.41) is 1.42. The van der Waals surface area contributed by atoms with Gasteiger partial charge in [-0.3, -0.25) is 5.84 Å². The number of methoxy groups -OCH3 is 1. The van der Waals surface area contributed by atoms with E-state index in [0.717, 1.165) is 12.1 Å². The van der Waals surface area contributed by atoms with Gasteiger partial charge in [-0.25, -0.2) is 5.01 Å². The van der Waals surface area contributed by atoms with Gasteiger partial charge >= 0.3 is 6.18 Å². The summed E-state index contributed by atoms with van der Waals surface area (Å²) in [6, 6.07) is 4.89. The highest BCUT2D eigenvalue weighted by Crippen LogP contribution is 2.30. The maximum absolute atomic E-state index is 12.4. The number of hydrogen-bond acceptors (Lipinski definition) is 3.